The number of rotatable bonds is 4. The summed E-state index contributed by atoms with van der Waals surface area (Å²) in [7, 11) is 0. The second-order valence-electron chi connectivity index (χ2n) is 3.74. The van der Waals surface area contributed by atoms with Crippen molar-refractivity contribution in [3.05, 3.63) is 47.0 Å². The molecular formula is C14H18O. The maximum Gasteiger partial charge on any atom is 0.185 e. The van der Waals surface area contributed by atoms with E-state index in [0.717, 1.165) is 18.4 Å². The van der Waals surface area contributed by atoms with Gasteiger partial charge in [-0.1, -0.05) is 49.2 Å². The molecule has 0 atom stereocenters. The summed E-state index contributed by atoms with van der Waals surface area (Å²) in [5.41, 5.74) is 3.17. The van der Waals surface area contributed by atoms with Crippen LogP contribution in [0.4, 0.5) is 0 Å². The van der Waals surface area contributed by atoms with Gasteiger partial charge < -0.3 is 0 Å². The number of carbonyl (C=O) groups is 1. The molecule has 0 aliphatic rings. The van der Waals surface area contributed by atoms with Crippen LogP contribution in [0, 0.1) is 6.92 Å². The van der Waals surface area contributed by atoms with Crippen molar-refractivity contribution in [3.8, 4) is 0 Å². The number of carbonyl (C=O) groups excluding carboxylic acids is 1. The molecule has 1 aromatic carbocycles. The highest BCUT2D eigenvalue weighted by Gasteiger charge is 2.02. The fourth-order valence-corrected chi connectivity index (χ4v) is 1.44. The molecule has 1 heteroatoms. The average Bonchev–Trinajstić information content (AvgIpc) is 2.26. The summed E-state index contributed by atoms with van der Waals surface area (Å²) in [6.07, 6.45) is 3.67. The van der Waals surface area contributed by atoms with E-state index in [1.54, 1.807) is 6.08 Å². The molecule has 0 aromatic heterocycles. The van der Waals surface area contributed by atoms with Crippen LogP contribution < -0.4 is 0 Å². The largest absolute Gasteiger partial charge is 0.289 e. The molecule has 1 aromatic rings. The second-order valence-corrected chi connectivity index (χ2v) is 3.74. The Kier molecular flexibility index (Phi) is 4.29. The van der Waals surface area contributed by atoms with Crippen molar-refractivity contribution < 1.29 is 4.79 Å². The minimum Gasteiger partial charge on any atom is -0.289 e. The minimum atomic E-state index is 0.119. The van der Waals surface area contributed by atoms with E-state index in [9.17, 15) is 4.79 Å². The predicted octanol–water partition coefficient (Wildman–Crippen LogP) is 3.92. The summed E-state index contributed by atoms with van der Waals surface area (Å²) in [5, 5.41) is 0. The van der Waals surface area contributed by atoms with Crippen molar-refractivity contribution in [2.24, 2.45) is 0 Å². The Hall–Kier alpha value is -1.37. The van der Waals surface area contributed by atoms with Crippen molar-refractivity contribution in [2.45, 2.75) is 33.6 Å². The summed E-state index contributed by atoms with van der Waals surface area (Å²) in [6.45, 7) is 6.18. The molecule has 0 saturated heterocycles. The number of hydrogen-bond acceptors (Lipinski definition) is 1. The van der Waals surface area contributed by atoms with Crippen LogP contribution in [0.1, 0.15) is 42.6 Å². The highest BCUT2D eigenvalue weighted by atomic mass is 16.1. The number of allylic oxidation sites excluding steroid dienone is 2. The maximum atomic E-state index is 11.8. The minimum absolute atomic E-state index is 0.119. The summed E-state index contributed by atoms with van der Waals surface area (Å²) in [6, 6.07) is 7.71. The zero-order chi connectivity index (χ0) is 11.3. The monoisotopic (exact) mass is 202 g/mol. The van der Waals surface area contributed by atoms with Crippen molar-refractivity contribution in [1.29, 1.82) is 0 Å². The second kappa shape index (κ2) is 5.50. The fourth-order valence-electron chi connectivity index (χ4n) is 1.44. The van der Waals surface area contributed by atoms with Gasteiger partial charge in [0.15, 0.2) is 5.78 Å². The number of aryl methyl sites for hydroxylation is 1. The lowest BCUT2D eigenvalue weighted by atomic mass is 10.0. The van der Waals surface area contributed by atoms with Crippen molar-refractivity contribution in [1.82, 2.24) is 0 Å². The van der Waals surface area contributed by atoms with Gasteiger partial charge in [0.05, 0.1) is 0 Å². The highest BCUT2D eigenvalue weighted by Crippen LogP contribution is 2.10. The Morgan fingerprint density at radius 3 is 2.13 bits per heavy atom. The van der Waals surface area contributed by atoms with E-state index < -0.39 is 0 Å². The molecule has 0 spiro atoms. The van der Waals surface area contributed by atoms with Gasteiger partial charge in [-0.2, -0.15) is 0 Å². The Labute approximate surface area is 91.8 Å². The predicted molar refractivity (Wildman–Crippen MR) is 64.2 cm³/mol. The van der Waals surface area contributed by atoms with Crippen LogP contribution in [0.15, 0.2) is 35.9 Å². The molecule has 15 heavy (non-hydrogen) atoms. The number of hydrogen-bond donors (Lipinski definition) is 0. The third-order valence-corrected chi connectivity index (χ3v) is 2.58. The molecule has 0 amide bonds. The Bertz CT molecular complexity index is 351. The molecule has 1 nitrogen and oxygen atoms in total. The lowest BCUT2D eigenvalue weighted by molar-refractivity contribution is 0.104. The molecular weight excluding hydrogens is 184 g/mol. The van der Waals surface area contributed by atoms with E-state index >= 15 is 0 Å². The molecule has 1 rings (SSSR count). The van der Waals surface area contributed by atoms with Crippen molar-refractivity contribution in [3.63, 3.8) is 0 Å². The van der Waals surface area contributed by atoms with Crippen LogP contribution in [0.5, 0.6) is 0 Å². The van der Waals surface area contributed by atoms with E-state index in [1.807, 2.05) is 31.2 Å². The molecule has 0 aliphatic heterocycles. The normalized spacial score (nSPS) is 9.80. The van der Waals surface area contributed by atoms with Crippen LogP contribution >= 0.6 is 0 Å². The van der Waals surface area contributed by atoms with E-state index in [-0.39, 0.29) is 5.78 Å². The molecule has 80 valence electrons. The summed E-state index contributed by atoms with van der Waals surface area (Å²) in [5.74, 6) is 0.119. The highest BCUT2D eigenvalue weighted by molar-refractivity contribution is 6.04. The van der Waals surface area contributed by atoms with Gasteiger partial charge in [-0.05, 0) is 25.8 Å². The first kappa shape index (κ1) is 11.7. The van der Waals surface area contributed by atoms with Crippen LogP contribution in [0.25, 0.3) is 0 Å². The Balaban J connectivity index is 2.85. The average molecular weight is 202 g/mol. The Morgan fingerprint density at radius 2 is 1.67 bits per heavy atom. The first-order valence-corrected chi connectivity index (χ1v) is 5.47. The number of ketones is 1. The summed E-state index contributed by atoms with van der Waals surface area (Å²) < 4.78 is 0. The zero-order valence-electron chi connectivity index (χ0n) is 9.71. The SMILES string of the molecule is CCC(=CC(=O)c1ccc(C)cc1)CC. The third-order valence-electron chi connectivity index (χ3n) is 2.58. The molecule has 0 radical (unpaired) electrons. The van der Waals surface area contributed by atoms with Gasteiger partial charge in [-0.3, -0.25) is 4.79 Å². The zero-order valence-corrected chi connectivity index (χ0v) is 9.71. The molecule has 0 aliphatic carbocycles. The van der Waals surface area contributed by atoms with Gasteiger partial charge in [-0.15, -0.1) is 0 Å². The standard InChI is InChI=1S/C14H18O/c1-4-12(5-2)10-14(15)13-8-6-11(3)7-9-13/h6-10H,4-5H2,1-3H3. The van der Waals surface area contributed by atoms with Gasteiger partial charge in [0.1, 0.15) is 0 Å². The molecule has 0 bridgehead atoms. The molecule has 0 saturated carbocycles. The molecule has 0 unspecified atom stereocenters. The quantitative estimate of drug-likeness (QED) is 0.534. The van der Waals surface area contributed by atoms with E-state index in [2.05, 4.69) is 13.8 Å². The van der Waals surface area contributed by atoms with E-state index in [4.69, 9.17) is 0 Å². The lowest BCUT2D eigenvalue weighted by Crippen LogP contribution is -1.96. The molecule has 0 heterocycles. The third kappa shape index (κ3) is 3.35. The van der Waals surface area contributed by atoms with Gasteiger partial charge in [-0.25, -0.2) is 0 Å². The maximum absolute atomic E-state index is 11.8. The van der Waals surface area contributed by atoms with E-state index in [1.165, 1.54) is 11.1 Å². The first-order valence-electron chi connectivity index (χ1n) is 5.47. The summed E-state index contributed by atoms with van der Waals surface area (Å²) >= 11 is 0. The number of benzene rings is 1. The van der Waals surface area contributed by atoms with Crippen LogP contribution in [0.2, 0.25) is 0 Å². The summed E-state index contributed by atoms with van der Waals surface area (Å²) in [4.78, 5) is 11.8. The lowest BCUT2D eigenvalue weighted by Gasteiger charge is -2.00. The smallest absolute Gasteiger partial charge is 0.185 e. The van der Waals surface area contributed by atoms with Crippen molar-refractivity contribution in [2.75, 3.05) is 0 Å². The van der Waals surface area contributed by atoms with Crippen molar-refractivity contribution >= 4 is 5.78 Å². The van der Waals surface area contributed by atoms with Crippen LogP contribution in [-0.4, -0.2) is 5.78 Å². The first-order chi connectivity index (χ1) is 7.17. The Morgan fingerprint density at radius 1 is 1.13 bits per heavy atom. The topological polar surface area (TPSA) is 17.1 Å². The van der Waals surface area contributed by atoms with Crippen LogP contribution in [0.3, 0.4) is 0 Å². The van der Waals surface area contributed by atoms with Gasteiger partial charge in [0.2, 0.25) is 0 Å². The fraction of sp³-hybridized carbons (Fsp3) is 0.357. The van der Waals surface area contributed by atoms with Crippen LogP contribution in [-0.2, 0) is 0 Å². The molecule has 0 fully saturated rings. The molecule has 0 N–H and O–H groups in total. The van der Waals surface area contributed by atoms with Gasteiger partial charge in [0, 0.05) is 5.56 Å². The van der Waals surface area contributed by atoms with Gasteiger partial charge in [0.25, 0.3) is 0 Å². The van der Waals surface area contributed by atoms with E-state index in [0.29, 0.717) is 0 Å². The van der Waals surface area contributed by atoms with Gasteiger partial charge >= 0.3 is 0 Å².